The van der Waals surface area contributed by atoms with Crippen molar-refractivity contribution in [1.29, 1.82) is 0 Å². The van der Waals surface area contributed by atoms with Crippen LogP contribution in [0.5, 0.6) is 0 Å². The highest BCUT2D eigenvalue weighted by atomic mass is 16.6. The predicted molar refractivity (Wildman–Crippen MR) is 96.2 cm³/mol. The van der Waals surface area contributed by atoms with E-state index in [0.29, 0.717) is 22.3 Å². The molecule has 0 saturated carbocycles. The van der Waals surface area contributed by atoms with Crippen LogP contribution >= 0.6 is 0 Å². The topological polar surface area (TPSA) is 121 Å². The van der Waals surface area contributed by atoms with Gasteiger partial charge in [0.05, 0.1) is 10.4 Å². The Morgan fingerprint density at radius 3 is 2.50 bits per heavy atom. The first-order chi connectivity index (χ1) is 12.4. The molecule has 3 aromatic rings. The predicted octanol–water partition coefficient (Wildman–Crippen LogP) is 2.71. The van der Waals surface area contributed by atoms with Crippen molar-refractivity contribution < 1.29 is 14.5 Å². The van der Waals surface area contributed by atoms with Gasteiger partial charge in [-0.25, -0.2) is 0 Å². The summed E-state index contributed by atoms with van der Waals surface area (Å²) < 4.78 is 0. The number of nitrogens with one attached hydrogen (secondary N) is 2. The summed E-state index contributed by atoms with van der Waals surface area (Å²) >= 11 is 0. The average Bonchev–Trinajstić information content (AvgIpc) is 3.04. The molecule has 2 N–H and O–H groups in total. The first-order valence-electron chi connectivity index (χ1n) is 7.65. The van der Waals surface area contributed by atoms with Crippen LogP contribution in [-0.2, 0) is 4.79 Å². The summed E-state index contributed by atoms with van der Waals surface area (Å²) in [6.45, 7) is 1.46. The van der Waals surface area contributed by atoms with Gasteiger partial charge >= 0.3 is 0 Å². The molecule has 0 aliphatic heterocycles. The van der Waals surface area contributed by atoms with E-state index in [9.17, 15) is 19.7 Å². The summed E-state index contributed by atoms with van der Waals surface area (Å²) in [4.78, 5) is 35.7. The highest BCUT2D eigenvalue weighted by Crippen LogP contribution is 2.23. The Morgan fingerprint density at radius 1 is 1.19 bits per heavy atom. The Kier molecular flexibility index (Phi) is 4.36. The highest BCUT2D eigenvalue weighted by molar-refractivity contribution is 6.11. The largest absolute Gasteiger partial charge is 0.321 e. The maximum atomic E-state index is 12.5. The summed E-state index contributed by atoms with van der Waals surface area (Å²) in [5.74, 6) is -0.601. The van der Waals surface area contributed by atoms with Crippen molar-refractivity contribution >= 4 is 39.8 Å². The molecule has 0 spiro atoms. The van der Waals surface area contributed by atoms with Crippen molar-refractivity contribution in [1.82, 2.24) is 10.2 Å². The van der Waals surface area contributed by atoms with Crippen LogP contribution in [0.25, 0.3) is 10.9 Å². The van der Waals surface area contributed by atoms with Gasteiger partial charge < -0.3 is 10.2 Å². The number of hydrogen-bond acceptors (Lipinski definition) is 5. The Balaban J connectivity index is 1.84. The van der Waals surface area contributed by atoms with Gasteiger partial charge in [0, 0.05) is 42.9 Å². The minimum Gasteiger partial charge on any atom is -0.321 e. The molecule has 1 heterocycles. The lowest BCUT2D eigenvalue weighted by atomic mass is 10.1. The van der Waals surface area contributed by atoms with Gasteiger partial charge in [0.1, 0.15) is 0 Å². The lowest BCUT2D eigenvalue weighted by Crippen LogP contribution is -2.22. The van der Waals surface area contributed by atoms with E-state index >= 15 is 0 Å². The fourth-order valence-corrected chi connectivity index (χ4v) is 2.43. The molecule has 0 saturated heterocycles. The van der Waals surface area contributed by atoms with E-state index in [1.165, 1.54) is 30.0 Å². The van der Waals surface area contributed by atoms with Crippen LogP contribution in [0.3, 0.4) is 0 Å². The van der Waals surface area contributed by atoms with E-state index in [2.05, 4.69) is 15.5 Å². The van der Waals surface area contributed by atoms with Gasteiger partial charge in [-0.2, -0.15) is 5.10 Å². The van der Waals surface area contributed by atoms with Gasteiger partial charge in [0.2, 0.25) is 5.91 Å². The summed E-state index contributed by atoms with van der Waals surface area (Å²) in [6, 6.07) is 10.9. The molecule has 0 aliphatic carbocycles. The van der Waals surface area contributed by atoms with E-state index in [-0.39, 0.29) is 17.3 Å². The third-order valence-corrected chi connectivity index (χ3v) is 3.96. The fraction of sp³-hybridized carbons (Fsp3) is 0.118. The van der Waals surface area contributed by atoms with Crippen molar-refractivity contribution in [3.8, 4) is 0 Å². The second-order valence-electron chi connectivity index (χ2n) is 5.64. The number of H-pyrrole nitrogens is 1. The molecule has 0 radical (unpaired) electrons. The van der Waals surface area contributed by atoms with Crippen LogP contribution in [0.15, 0.2) is 42.5 Å². The molecular weight excluding hydrogens is 338 g/mol. The number of nitro benzene ring substituents is 1. The zero-order valence-corrected chi connectivity index (χ0v) is 14.0. The first-order valence-corrected chi connectivity index (χ1v) is 7.65. The molecule has 9 nitrogen and oxygen atoms in total. The van der Waals surface area contributed by atoms with Gasteiger partial charge in [-0.1, -0.05) is 0 Å². The number of aromatic nitrogens is 2. The van der Waals surface area contributed by atoms with Gasteiger partial charge in [0.25, 0.3) is 11.6 Å². The van der Waals surface area contributed by atoms with Crippen LogP contribution in [0.2, 0.25) is 0 Å². The van der Waals surface area contributed by atoms with Crippen molar-refractivity contribution in [2.75, 3.05) is 17.3 Å². The van der Waals surface area contributed by atoms with Crippen LogP contribution < -0.4 is 10.2 Å². The van der Waals surface area contributed by atoms with Crippen LogP contribution in [0, 0.1) is 10.1 Å². The summed E-state index contributed by atoms with van der Waals surface area (Å²) in [6.07, 6.45) is 0. The number of carbonyl (C=O) groups is 2. The number of aromatic amines is 1. The fourth-order valence-electron chi connectivity index (χ4n) is 2.43. The van der Waals surface area contributed by atoms with E-state index in [1.54, 1.807) is 31.3 Å². The van der Waals surface area contributed by atoms with Crippen LogP contribution in [0.1, 0.15) is 17.4 Å². The zero-order chi connectivity index (χ0) is 18.8. The maximum absolute atomic E-state index is 12.5. The highest BCUT2D eigenvalue weighted by Gasteiger charge is 2.17. The van der Waals surface area contributed by atoms with Gasteiger partial charge in [0.15, 0.2) is 5.69 Å². The number of nitrogens with zero attached hydrogens (tertiary/aromatic N) is 3. The molecule has 132 valence electrons. The Morgan fingerprint density at radius 2 is 1.88 bits per heavy atom. The molecule has 2 amide bonds. The number of anilines is 2. The van der Waals surface area contributed by atoms with E-state index < -0.39 is 10.8 Å². The molecule has 9 heteroatoms. The van der Waals surface area contributed by atoms with Crippen LogP contribution in [0.4, 0.5) is 17.1 Å². The van der Waals surface area contributed by atoms with Gasteiger partial charge in [-0.3, -0.25) is 24.8 Å². The molecule has 0 fully saturated rings. The first kappa shape index (κ1) is 17.1. The number of carbonyl (C=O) groups excluding carboxylic acids is 2. The number of hydrogen-bond donors (Lipinski definition) is 2. The minimum absolute atomic E-state index is 0.0635. The molecule has 2 aromatic carbocycles. The Bertz CT molecular complexity index is 1010. The number of non-ortho nitro benzene ring substituents is 1. The van der Waals surface area contributed by atoms with Gasteiger partial charge in [-0.15, -0.1) is 0 Å². The quantitative estimate of drug-likeness (QED) is 0.552. The lowest BCUT2D eigenvalue weighted by Gasteiger charge is -2.15. The number of benzene rings is 2. The summed E-state index contributed by atoms with van der Waals surface area (Å²) in [5.41, 5.74) is 1.67. The maximum Gasteiger partial charge on any atom is 0.276 e. The number of amides is 2. The molecule has 0 aliphatic rings. The second kappa shape index (κ2) is 6.63. The molecule has 0 unspecified atom stereocenters. The normalized spacial score (nSPS) is 10.5. The molecular formula is C17H15N5O4. The molecule has 0 bridgehead atoms. The van der Waals surface area contributed by atoms with Crippen molar-refractivity contribution in [3.05, 3.63) is 58.3 Å². The average molecular weight is 353 g/mol. The Hall–Kier alpha value is -3.75. The van der Waals surface area contributed by atoms with E-state index in [1.807, 2.05) is 0 Å². The smallest absolute Gasteiger partial charge is 0.276 e. The zero-order valence-electron chi connectivity index (χ0n) is 14.0. The monoisotopic (exact) mass is 353 g/mol. The molecule has 26 heavy (non-hydrogen) atoms. The summed E-state index contributed by atoms with van der Waals surface area (Å²) in [5, 5.41) is 20.6. The summed E-state index contributed by atoms with van der Waals surface area (Å²) in [7, 11) is 1.65. The Labute approximate surface area is 147 Å². The number of nitro groups is 1. The third kappa shape index (κ3) is 3.22. The van der Waals surface area contributed by atoms with Crippen molar-refractivity contribution in [3.63, 3.8) is 0 Å². The SMILES string of the molecule is CC(=O)N(C)c1ccc(NC(=O)c2n[nH]c3ccc([N+](=O)[O-])cc23)cc1. The van der Waals surface area contributed by atoms with Crippen LogP contribution in [-0.4, -0.2) is 34.0 Å². The van der Waals surface area contributed by atoms with Crippen molar-refractivity contribution in [2.24, 2.45) is 0 Å². The van der Waals surface area contributed by atoms with Gasteiger partial charge in [-0.05, 0) is 30.3 Å². The van der Waals surface area contributed by atoms with E-state index in [4.69, 9.17) is 0 Å². The molecule has 1 aromatic heterocycles. The molecule has 3 rings (SSSR count). The lowest BCUT2D eigenvalue weighted by molar-refractivity contribution is -0.384. The number of rotatable bonds is 4. The van der Waals surface area contributed by atoms with E-state index in [0.717, 1.165) is 0 Å². The minimum atomic E-state index is -0.529. The van der Waals surface area contributed by atoms with Crippen molar-refractivity contribution in [2.45, 2.75) is 6.92 Å². The molecule has 0 atom stereocenters. The second-order valence-corrected chi connectivity index (χ2v) is 5.64. The third-order valence-electron chi connectivity index (χ3n) is 3.96. The number of fused-ring (bicyclic) bond motifs is 1. The standard InChI is InChI=1S/C17H15N5O4/c1-10(23)21(2)12-5-3-11(4-6-12)18-17(24)16-14-9-13(22(25)26)7-8-15(14)19-20-16/h3-9H,1-2H3,(H,18,24)(H,19,20).